The van der Waals surface area contributed by atoms with E-state index in [4.69, 9.17) is 30.7 Å². The van der Waals surface area contributed by atoms with Crippen LogP contribution < -0.4 is 11.5 Å². The highest BCUT2D eigenvalue weighted by Gasteiger charge is 2.00. The van der Waals surface area contributed by atoms with Crippen LogP contribution in [0.15, 0.2) is 24.3 Å². The summed E-state index contributed by atoms with van der Waals surface area (Å²) >= 11 is 0. The first kappa shape index (κ1) is 14.2. The van der Waals surface area contributed by atoms with E-state index in [9.17, 15) is 0 Å². The van der Waals surface area contributed by atoms with Crippen LogP contribution in [0.2, 0.25) is 0 Å². The van der Waals surface area contributed by atoms with Crippen molar-refractivity contribution in [1.82, 2.24) is 0 Å². The quantitative estimate of drug-likeness (QED) is 0.446. The minimum Gasteiger partial charge on any atom is -0.326 e. The van der Waals surface area contributed by atoms with E-state index in [1.807, 2.05) is 24.3 Å². The summed E-state index contributed by atoms with van der Waals surface area (Å²) in [7, 11) is -4.64. The monoisotopic (exact) mass is 234 g/mol. The third-order valence-electron chi connectivity index (χ3n) is 1.46. The average molecular weight is 234 g/mol. The molecule has 0 amide bonds. The molecule has 0 saturated carbocycles. The van der Waals surface area contributed by atoms with Gasteiger partial charge in [-0.1, -0.05) is 24.3 Å². The van der Waals surface area contributed by atoms with Gasteiger partial charge in [0.15, 0.2) is 0 Å². The maximum absolute atomic E-state index is 8.88. The summed E-state index contributed by atoms with van der Waals surface area (Å²) in [6, 6.07) is 8.00. The largest absolute Gasteiger partial charge is 0.466 e. The third-order valence-corrected chi connectivity index (χ3v) is 1.46. The summed E-state index contributed by atoms with van der Waals surface area (Å²) in [4.78, 5) is 21.6. The molecule has 0 bridgehead atoms. The molecule has 0 radical (unpaired) electrons. The van der Waals surface area contributed by atoms with Crippen LogP contribution in [0.3, 0.4) is 0 Å². The highest BCUT2D eigenvalue weighted by molar-refractivity contribution is 7.45. The number of phosphoric acid groups is 1. The molecule has 0 saturated heterocycles. The van der Waals surface area contributed by atoms with Crippen molar-refractivity contribution < 1.29 is 19.2 Å². The second-order valence-corrected chi connectivity index (χ2v) is 3.77. The van der Waals surface area contributed by atoms with Crippen LogP contribution in [-0.2, 0) is 17.7 Å². The fourth-order valence-corrected chi connectivity index (χ4v) is 0.884. The molecule has 0 aliphatic rings. The average Bonchev–Trinajstić information content (AvgIpc) is 2.15. The van der Waals surface area contributed by atoms with E-state index < -0.39 is 7.82 Å². The van der Waals surface area contributed by atoms with Gasteiger partial charge in [-0.15, -0.1) is 0 Å². The van der Waals surface area contributed by atoms with Crippen molar-refractivity contribution in [3.8, 4) is 0 Å². The van der Waals surface area contributed by atoms with E-state index in [2.05, 4.69) is 0 Å². The van der Waals surface area contributed by atoms with Gasteiger partial charge >= 0.3 is 7.82 Å². The van der Waals surface area contributed by atoms with Gasteiger partial charge in [-0.05, 0) is 11.1 Å². The maximum atomic E-state index is 8.88. The summed E-state index contributed by atoms with van der Waals surface area (Å²) in [5.41, 5.74) is 13.1. The molecule has 0 spiro atoms. The molecule has 1 aromatic rings. The standard InChI is InChI=1S/C8H12N2.H3O4P/c9-5-7-2-1-3-8(4-7)6-10;1-5(2,3)4/h1-4H,5-6,9-10H2;(H3,1,2,3,4). The van der Waals surface area contributed by atoms with Gasteiger partial charge in [-0.25, -0.2) is 4.57 Å². The highest BCUT2D eigenvalue weighted by atomic mass is 31.2. The van der Waals surface area contributed by atoms with E-state index >= 15 is 0 Å². The van der Waals surface area contributed by atoms with Crippen LogP contribution in [-0.4, -0.2) is 14.7 Å². The molecule has 86 valence electrons. The molecule has 0 atom stereocenters. The summed E-state index contributed by atoms with van der Waals surface area (Å²) in [5.74, 6) is 0. The molecule has 1 rings (SSSR count). The Morgan fingerprint density at radius 2 is 1.40 bits per heavy atom. The molecule has 6 nitrogen and oxygen atoms in total. The number of rotatable bonds is 2. The Labute approximate surface area is 87.8 Å². The Morgan fingerprint density at radius 3 is 1.67 bits per heavy atom. The lowest BCUT2D eigenvalue weighted by molar-refractivity contribution is 0.275. The molecule has 0 aliphatic carbocycles. The first-order valence-corrected chi connectivity index (χ1v) is 5.69. The summed E-state index contributed by atoms with van der Waals surface area (Å²) in [5, 5.41) is 0. The van der Waals surface area contributed by atoms with Crippen LogP contribution in [0.1, 0.15) is 11.1 Å². The zero-order chi connectivity index (χ0) is 11.9. The Morgan fingerprint density at radius 1 is 1.07 bits per heavy atom. The minimum absolute atomic E-state index is 0.591. The molecule has 0 aromatic heterocycles. The van der Waals surface area contributed by atoms with Crippen LogP contribution in [0.25, 0.3) is 0 Å². The van der Waals surface area contributed by atoms with Crippen molar-refractivity contribution in [3.05, 3.63) is 35.4 Å². The van der Waals surface area contributed by atoms with E-state index in [-0.39, 0.29) is 0 Å². The number of benzene rings is 1. The fourth-order valence-electron chi connectivity index (χ4n) is 0.884. The van der Waals surface area contributed by atoms with Gasteiger partial charge in [-0.3, -0.25) is 0 Å². The zero-order valence-corrected chi connectivity index (χ0v) is 8.97. The molecular weight excluding hydrogens is 219 g/mol. The van der Waals surface area contributed by atoms with Crippen molar-refractivity contribution in [2.24, 2.45) is 11.5 Å². The Balaban J connectivity index is 0.000000336. The molecule has 15 heavy (non-hydrogen) atoms. The Bertz CT molecular complexity index is 312. The molecule has 0 unspecified atom stereocenters. The molecule has 0 fully saturated rings. The van der Waals surface area contributed by atoms with Crippen LogP contribution in [0, 0.1) is 0 Å². The first-order valence-electron chi connectivity index (χ1n) is 4.13. The second-order valence-electron chi connectivity index (χ2n) is 2.74. The molecule has 1 aromatic carbocycles. The minimum atomic E-state index is -4.64. The van der Waals surface area contributed by atoms with Gasteiger partial charge in [-0.2, -0.15) is 0 Å². The topological polar surface area (TPSA) is 130 Å². The van der Waals surface area contributed by atoms with Crippen molar-refractivity contribution in [2.45, 2.75) is 13.1 Å². The van der Waals surface area contributed by atoms with Crippen molar-refractivity contribution >= 4 is 7.82 Å². The van der Waals surface area contributed by atoms with Crippen molar-refractivity contribution in [2.75, 3.05) is 0 Å². The molecule has 7 heteroatoms. The van der Waals surface area contributed by atoms with E-state index in [0.717, 1.165) is 11.1 Å². The Kier molecular flexibility index (Phi) is 6.35. The summed E-state index contributed by atoms with van der Waals surface area (Å²) < 4.78 is 8.88. The van der Waals surface area contributed by atoms with Gasteiger partial charge < -0.3 is 26.1 Å². The van der Waals surface area contributed by atoms with Gasteiger partial charge in [0.05, 0.1) is 0 Å². The van der Waals surface area contributed by atoms with Gasteiger partial charge in [0.1, 0.15) is 0 Å². The second kappa shape index (κ2) is 6.68. The van der Waals surface area contributed by atoms with E-state index in [0.29, 0.717) is 13.1 Å². The lowest BCUT2D eigenvalue weighted by atomic mass is 10.1. The zero-order valence-electron chi connectivity index (χ0n) is 8.08. The molecular formula is C8H15N2O4P. The van der Waals surface area contributed by atoms with Gasteiger partial charge in [0.25, 0.3) is 0 Å². The SMILES string of the molecule is NCc1cccc(CN)c1.O=P(O)(O)O. The number of hydrogen-bond acceptors (Lipinski definition) is 3. The third kappa shape index (κ3) is 9.55. The predicted octanol–water partition coefficient (Wildman–Crippen LogP) is -0.325. The normalized spacial score (nSPS) is 10.5. The predicted molar refractivity (Wildman–Crippen MR) is 56.5 cm³/mol. The van der Waals surface area contributed by atoms with Crippen molar-refractivity contribution in [1.29, 1.82) is 0 Å². The van der Waals surface area contributed by atoms with Crippen LogP contribution in [0.4, 0.5) is 0 Å². The lowest BCUT2D eigenvalue weighted by Crippen LogP contribution is -2.00. The van der Waals surface area contributed by atoms with Gasteiger partial charge in [0, 0.05) is 13.1 Å². The van der Waals surface area contributed by atoms with E-state index in [1.165, 1.54) is 0 Å². The number of nitrogens with two attached hydrogens (primary N) is 2. The summed E-state index contributed by atoms with van der Waals surface area (Å²) in [6.45, 7) is 1.18. The fraction of sp³-hybridized carbons (Fsp3) is 0.250. The van der Waals surface area contributed by atoms with Gasteiger partial charge in [0.2, 0.25) is 0 Å². The number of hydrogen-bond donors (Lipinski definition) is 5. The summed E-state index contributed by atoms with van der Waals surface area (Å²) in [6.07, 6.45) is 0. The Hall–Kier alpha value is -0.750. The van der Waals surface area contributed by atoms with E-state index in [1.54, 1.807) is 0 Å². The molecule has 0 aliphatic heterocycles. The highest BCUT2D eigenvalue weighted by Crippen LogP contribution is 2.25. The maximum Gasteiger partial charge on any atom is 0.466 e. The lowest BCUT2D eigenvalue weighted by Gasteiger charge is -1.98. The van der Waals surface area contributed by atoms with Crippen LogP contribution >= 0.6 is 7.82 Å². The first-order chi connectivity index (χ1) is 6.86. The molecule has 7 N–H and O–H groups in total. The van der Waals surface area contributed by atoms with Crippen molar-refractivity contribution in [3.63, 3.8) is 0 Å². The van der Waals surface area contributed by atoms with Crippen LogP contribution in [0.5, 0.6) is 0 Å². The molecule has 0 heterocycles. The smallest absolute Gasteiger partial charge is 0.326 e.